The Morgan fingerprint density at radius 1 is 1.21 bits per heavy atom. The van der Waals surface area contributed by atoms with Crippen molar-refractivity contribution in [3.05, 3.63) is 69.2 Å². The van der Waals surface area contributed by atoms with Gasteiger partial charge in [-0.15, -0.1) is 5.53 Å². The fraction of sp³-hybridized carbons (Fsp3) is 0.0667. The van der Waals surface area contributed by atoms with E-state index in [1.165, 1.54) is 25.1 Å². The highest BCUT2D eigenvalue weighted by atomic mass is 35.5. The van der Waals surface area contributed by atoms with E-state index in [-0.39, 0.29) is 17.2 Å². The third-order valence-corrected chi connectivity index (χ3v) is 3.40. The third-order valence-electron chi connectivity index (χ3n) is 3.07. The van der Waals surface area contributed by atoms with Crippen molar-refractivity contribution in [2.75, 3.05) is 5.43 Å². The summed E-state index contributed by atoms with van der Waals surface area (Å²) in [5, 5.41) is 20.4. The Balaban J connectivity index is 2.22. The molecule has 124 valence electrons. The van der Waals surface area contributed by atoms with E-state index in [9.17, 15) is 14.9 Å². The Morgan fingerprint density at radius 2 is 1.83 bits per heavy atom. The van der Waals surface area contributed by atoms with Gasteiger partial charge in [0.05, 0.1) is 9.95 Å². The highest BCUT2D eigenvalue weighted by molar-refractivity contribution is 6.34. The van der Waals surface area contributed by atoms with E-state index in [1.807, 2.05) is 0 Å². The van der Waals surface area contributed by atoms with Gasteiger partial charge in [-0.1, -0.05) is 35.9 Å². The molecule has 2 aromatic rings. The molecule has 24 heavy (non-hydrogen) atoms. The number of nitrogens with one attached hydrogen (secondary N) is 3. The van der Waals surface area contributed by atoms with Gasteiger partial charge in [-0.2, -0.15) is 0 Å². The van der Waals surface area contributed by atoms with Crippen LogP contribution in [0.25, 0.3) is 0 Å². The van der Waals surface area contributed by atoms with E-state index in [0.29, 0.717) is 10.6 Å². The highest BCUT2D eigenvalue weighted by Crippen LogP contribution is 2.22. The normalized spacial score (nSPS) is 10.1. The third kappa shape index (κ3) is 3.86. The predicted molar refractivity (Wildman–Crippen MR) is 90.7 cm³/mol. The molecular formula is C15H14ClN5O3. The van der Waals surface area contributed by atoms with Crippen molar-refractivity contribution in [2.24, 2.45) is 0 Å². The number of benzene rings is 2. The quantitative estimate of drug-likeness (QED) is 0.333. The number of nitro groups is 1. The number of amides is 1. The number of halogens is 1. The fourth-order valence-electron chi connectivity index (χ4n) is 1.92. The Bertz CT molecular complexity index is 796. The van der Waals surface area contributed by atoms with Crippen molar-refractivity contribution in [3.63, 3.8) is 0 Å². The molecule has 2 aromatic carbocycles. The van der Waals surface area contributed by atoms with Gasteiger partial charge in [0.15, 0.2) is 5.84 Å². The van der Waals surface area contributed by atoms with Crippen LogP contribution in [0.4, 0.5) is 11.4 Å². The smallest absolute Gasteiger partial charge is 0.293 e. The summed E-state index contributed by atoms with van der Waals surface area (Å²) in [6.07, 6.45) is 0. The number of carbonyl (C=O) groups excluding carboxylic acids is 1. The number of para-hydroxylation sites is 2. The van der Waals surface area contributed by atoms with Crippen molar-refractivity contribution >= 4 is 34.7 Å². The predicted octanol–water partition coefficient (Wildman–Crippen LogP) is 2.95. The summed E-state index contributed by atoms with van der Waals surface area (Å²) in [5.74, 6) is -0.690. The lowest BCUT2D eigenvalue weighted by Gasteiger charge is -2.23. The van der Waals surface area contributed by atoms with Crippen molar-refractivity contribution in [3.8, 4) is 0 Å². The number of hydrazine groups is 2. The number of hydrogen-bond donors (Lipinski definition) is 3. The largest absolute Gasteiger partial charge is 0.297 e. The molecule has 2 rings (SSSR count). The van der Waals surface area contributed by atoms with Crippen LogP contribution < -0.4 is 11.0 Å². The Hall–Kier alpha value is -2.97. The minimum absolute atomic E-state index is 0.153. The molecule has 0 heterocycles. The van der Waals surface area contributed by atoms with Gasteiger partial charge >= 0.3 is 0 Å². The zero-order chi connectivity index (χ0) is 17.7. The number of anilines is 1. The van der Waals surface area contributed by atoms with E-state index >= 15 is 0 Å². The average molecular weight is 348 g/mol. The van der Waals surface area contributed by atoms with E-state index in [1.54, 1.807) is 30.3 Å². The summed E-state index contributed by atoms with van der Waals surface area (Å²) < 4.78 is 0. The summed E-state index contributed by atoms with van der Waals surface area (Å²) >= 11 is 6.04. The first-order valence-corrected chi connectivity index (χ1v) is 7.19. The second-order valence-corrected chi connectivity index (χ2v) is 5.10. The van der Waals surface area contributed by atoms with Crippen LogP contribution in [0.1, 0.15) is 12.5 Å². The molecule has 0 aliphatic rings. The molecule has 0 fully saturated rings. The number of amidine groups is 1. The highest BCUT2D eigenvalue weighted by Gasteiger charge is 2.20. The van der Waals surface area contributed by atoms with Gasteiger partial charge in [0.25, 0.3) is 5.69 Å². The Morgan fingerprint density at radius 3 is 2.46 bits per heavy atom. The van der Waals surface area contributed by atoms with Crippen LogP contribution in [0.15, 0.2) is 48.5 Å². The molecule has 0 unspecified atom stereocenters. The van der Waals surface area contributed by atoms with Crippen molar-refractivity contribution in [1.82, 2.24) is 10.5 Å². The van der Waals surface area contributed by atoms with Crippen molar-refractivity contribution in [1.29, 1.82) is 5.41 Å². The van der Waals surface area contributed by atoms with Gasteiger partial charge in [0.1, 0.15) is 5.69 Å². The van der Waals surface area contributed by atoms with Crippen LogP contribution in [-0.2, 0) is 4.79 Å². The van der Waals surface area contributed by atoms with E-state index in [4.69, 9.17) is 17.0 Å². The molecule has 0 saturated heterocycles. The molecule has 0 saturated carbocycles. The maximum Gasteiger partial charge on any atom is 0.293 e. The van der Waals surface area contributed by atoms with Crippen molar-refractivity contribution in [2.45, 2.75) is 6.92 Å². The van der Waals surface area contributed by atoms with E-state index < -0.39 is 10.8 Å². The van der Waals surface area contributed by atoms with Crippen LogP contribution in [0.5, 0.6) is 0 Å². The molecule has 8 nitrogen and oxygen atoms in total. The number of nitro benzene ring substituents is 1. The zero-order valence-electron chi connectivity index (χ0n) is 12.6. The van der Waals surface area contributed by atoms with Crippen molar-refractivity contribution < 1.29 is 9.72 Å². The number of hydrogen-bond acceptors (Lipinski definition) is 6. The van der Waals surface area contributed by atoms with Crippen LogP contribution in [0.3, 0.4) is 0 Å². The Labute approximate surface area is 142 Å². The first-order valence-electron chi connectivity index (χ1n) is 6.81. The van der Waals surface area contributed by atoms with E-state index in [2.05, 4.69) is 11.0 Å². The molecule has 0 bridgehead atoms. The molecule has 0 aliphatic heterocycles. The van der Waals surface area contributed by atoms with Gasteiger partial charge in [0, 0.05) is 18.6 Å². The second kappa shape index (κ2) is 7.53. The molecule has 0 aromatic heterocycles. The summed E-state index contributed by atoms with van der Waals surface area (Å²) in [6, 6.07) is 12.5. The molecule has 9 heteroatoms. The van der Waals surface area contributed by atoms with Crippen LogP contribution >= 0.6 is 11.6 Å². The molecule has 0 radical (unpaired) electrons. The molecule has 1 amide bonds. The van der Waals surface area contributed by atoms with Gasteiger partial charge in [-0.25, -0.2) is 5.01 Å². The maximum absolute atomic E-state index is 11.8. The van der Waals surface area contributed by atoms with E-state index in [0.717, 1.165) is 5.01 Å². The monoisotopic (exact) mass is 347 g/mol. The molecule has 3 N–H and O–H groups in total. The lowest BCUT2D eigenvalue weighted by Crippen LogP contribution is -2.48. The van der Waals surface area contributed by atoms with Crippen LogP contribution in [0, 0.1) is 15.5 Å². The first kappa shape index (κ1) is 17.4. The number of rotatable bonds is 5. The second-order valence-electron chi connectivity index (χ2n) is 4.69. The molecular weight excluding hydrogens is 334 g/mol. The number of carbonyl (C=O) groups is 1. The summed E-state index contributed by atoms with van der Waals surface area (Å²) in [5.41, 5.74) is 5.40. The van der Waals surface area contributed by atoms with Crippen LogP contribution in [-0.4, -0.2) is 21.7 Å². The maximum atomic E-state index is 11.8. The van der Waals surface area contributed by atoms with Gasteiger partial charge in [0.2, 0.25) is 5.91 Å². The lowest BCUT2D eigenvalue weighted by atomic mass is 10.2. The zero-order valence-corrected chi connectivity index (χ0v) is 13.4. The first-order chi connectivity index (χ1) is 11.4. The topological polar surface area (TPSA) is 111 Å². The summed E-state index contributed by atoms with van der Waals surface area (Å²) in [6.45, 7) is 1.25. The summed E-state index contributed by atoms with van der Waals surface area (Å²) in [7, 11) is 0. The van der Waals surface area contributed by atoms with Gasteiger partial charge in [-0.05, 0) is 18.2 Å². The SMILES string of the molecule is CC(=O)N(NNc1ccccc1[N+](=O)[O-])C(=N)c1ccccc1Cl. The van der Waals surface area contributed by atoms with Crippen LogP contribution in [0.2, 0.25) is 5.02 Å². The Kier molecular flexibility index (Phi) is 5.46. The molecule has 0 atom stereocenters. The molecule has 0 spiro atoms. The minimum atomic E-state index is -0.554. The minimum Gasteiger partial charge on any atom is -0.297 e. The molecule has 0 aliphatic carbocycles. The lowest BCUT2D eigenvalue weighted by molar-refractivity contribution is -0.384. The fourth-order valence-corrected chi connectivity index (χ4v) is 2.15. The summed E-state index contributed by atoms with van der Waals surface area (Å²) in [4.78, 5) is 22.3. The van der Waals surface area contributed by atoms with Gasteiger partial charge in [-0.3, -0.25) is 25.7 Å². The van der Waals surface area contributed by atoms with Gasteiger partial charge < -0.3 is 0 Å². The standard InChI is InChI=1S/C15H14ClN5O3/c1-10(22)20(15(17)11-6-2-3-7-12(11)16)19-18-13-8-4-5-9-14(13)21(23)24/h2-9,17-19H,1H3. The average Bonchev–Trinajstić information content (AvgIpc) is 2.55. The number of nitrogens with zero attached hydrogens (tertiary/aromatic N) is 2.